The van der Waals surface area contributed by atoms with Crippen LogP contribution in [0.3, 0.4) is 0 Å². The Morgan fingerprint density at radius 1 is 0.811 bits per heavy atom. The van der Waals surface area contributed by atoms with Crippen molar-refractivity contribution in [2.75, 3.05) is 13.2 Å². The monoisotopic (exact) mass is 504 g/mol. The summed E-state index contributed by atoms with van der Waals surface area (Å²) >= 11 is 0. The van der Waals surface area contributed by atoms with Crippen molar-refractivity contribution in [2.45, 2.75) is 78.4 Å². The predicted molar refractivity (Wildman–Crippen MR) is 148 cm³/mol. The van der Waals surface area contributed by atoms with Crippen LogP contribution in [-0.4, -0.2) is 41.4 Å². The Kier molecular flexibility index (Phi) is 11.6. The van der Waals surface area contributed by atoms with E-state index in [1.165, 1.54) is 30.4 Å². The Balaban J connectivity index is 1.48. The second-order valence-corrected chi connectivity index (χ2v) is 9.40. The number of ether oxygens (including phenoxy) is 3. The Labute approximate surface area is 221 Å². The van der Waals surface area contributed by atoms with Gasteiger partial charge in [-0.25, -0.2) is 14.8 Å². The summed E-state index contributed by atoms with van der Waals surface area (Å²) in [6.07, 6.45) is 9.12. The van der Waals surface area contributed by atoms with Gasteiger partial charge in [-0.05, 0) is 49.8 Å². The number of hydrogen-bond donors (Lipinski definition) is 0. The standard InChI is InChI=1S/C31H40N2O4/c1-5-7-9-10-25-11-13-26(14-12-25)27-15-17-28(18-16-27)30-32-20-29(21-33-30)36-22-23(3)37-31(34)24(4)35-19-8-6-2/h11-18,20-21,23-24H,5-10,19,22H2,1-4H3/t23-,24-/m0/s1. The summed E-state index contributed by atoms with van der Waals surface area (Å²) in [5.74, 6) is 0.766. The van der Waals surface area contributed by atoms with Gasteiger partial charge < -0.3 is 14.2 Å². The molecule has 0 aliphatic heterocycles. The first-order valence-electron chi connectivity index (χ1n) is 13.5. The summed E-state index contributed by atoms with van der Waals surface area (Å²) in [6, 6.07) is 17.1. The number of benzene rings is 2. The van der Waals surface area contributed by atoms with Gasteiger partial charge in [0, 0.05) is 12.2 Å². The summed E-state index contributed by atoms with van der Waals surface area (Å²) in [5.41, 5.74) is 4.69. The molecule has 3 aromatic rings. The molecule has 0 fully saturated rings. The van der Waals surface area contributed by atoms with Gasteiger partial charge >= 0.3 is 5.97 Å². The summed E-state index contributed by atoms with van der Waals surface area (Å²) in [4.78, 5) is 21.0. The maximum absolute atomic E-state index is 12.1. The highest BCUT2D eigenvalue weighted by Crippen LogP contribution is 2.24. The van der Waals surface area contributed by atoms with Crippen LogP contribution in [-0.2, 0) is 20.7 Å². The zero-order chi connectivity index (χ0) is 26.5. The largest absolute Gasteiger partial charge is 0.486 e. The van der Waals surface area contributed by atoms with Crippen LogP contribution < -0.4 is 4.74 Å². The fourth-order valence-corrected chi connectivity index (χ4v) is 3.81. The maximum Gasteiger partial charge on any atom is 0.335 e. The summed E-state index contributed by atoms with van der Waals surface area (Å²) in [7, 11) is 0. The van der Waals surface area contributed by atoms with Crippen LogP contribution in [0.2, 0.25) is 0 Å². The first-order valence-corrected chi connectivity index (χ1v) is 13.5. The molecular weight excluding hydrogens is 464 g/mol. The van der Waals surface area contributed by atoms with Gasteiger partial charge in [-0.3, -0.25) is 0 Å². The second kappa shape index (κ2) is 15.1. The minimum Gasteiger partial charge on any atom is -0.486 e. The molecule has 0 saturated heterocycles. The average Bonchev–Trinajstić information content (AvgIpc) is 2.93. The van der Waals surface area contributed by atoms with E-state index >= 15 is 0 Å². The molecule has 0 bridgehead atoms. The lowest BCUT2D eigenvalue weighted by molar-refractivity contribution is -0.162. The van der Waals surface area contributed by atoms with Gasteiger partial charge in [0.15, 0.2) is 17.7 Å². The molecule has 0 spiro atoms. The highest BCUT2D eigenvalue weighted by atomic mass is 16.6. The van der Waals surface area contributed by atoms with E-state index in [1.807, 2.05) is 12.1 Å². The van der Waals surface area contributed by atoms with Crippen LogP contribution in [0.15, 0.2) is 60.9 Å². The fraction of sp³-hybridized carbons (Fsp3) is 0.452. The van der Waals surface area contributed by atoms with Crippen molar-refractivity contribution in [3.8, 4) is 28.3 Å². The first kappa shape index (κ1) is 28.3. The second-order valence-electron chi connectivity index (χ2n) is 9.40. The smallest absolute Gasteiger partial charge is 0.335 e. The molecule has 0 N–H and O–H groups in total. The van der Waals surface area contributed by atoms with Crippen LogP contribution in [0, 0.1) is 0 Å². The van der Waals surface area contributed by atoms with Crippen molar-refractivity contribution in [3.63, 3.8) is 0 Å². The van der Waals surface area contributed by atoms with Crippen molar-refractivity contribution in [3.05, 3.63) is 66.5 Å². The molecule has 2 atom stereocenters. The lowest BCUT2D eigenvalue weighted by Crippen LogP contribution is -2.30. The highest BCUT2D eigenvalue weighted by Gasteiger charge is 2.18. The Hall–Kier alpha value is -3.25. The molecule has 1 heterocycles. The van der Waals surface area contributed by atoms with Crippen LogP contribution in [0.25, 0.3) is 22.5 Å². The van der Waals surface area contributed by atoms with Crippen molar-refractivity contribution < 1.29 is 19.0 Å². The molecule has 6 nitrogen and oxygen atoms in total. The van der Waals surface area contributed by atoms with E-state index in [2.05, 4.69) is 60.2 Å². The van der Waals surface area contributed by atoms with Crippen molar-refractivity contribution in [2.24, 2.45) is 0 Å². The van der Waals surface area contributed by atoms with Crippen LogP contribution in [0.4, 0.5) is 0 Å². The van der Waals surface area contributed by atoms with Gasteiger partial charge in [-0.2, -0.15) is 0 Å². The van der Waals surface area contributed by atoms with Crippen molar-refractivity contribution in [1.82, 2.24) is 9.97 Å². The summed E-state index contributed by atoms with van der Waals surface area (Å²) in [6.45, 7) is 8.56. The van der Waals surface area contributed by atoms with E-state index in [-0.39, 0.29) is 12.6 Å². The third-order valence-electron chi connectivity index (χ3n) is 6.13. The molecule has 1 aromatic heterocycles. The molecule has 0 radical (unpaired) electrons. The van der Waals surface area contributed by atoms with Gasteiger partial charge in [0.05, 0.1) is 12.4 Å². The quantitative estimate of drug-likeness (QED) is 0.163. The Bertz CT molecular complexity index is 1070. The number of esters is 1. The predicted octanol–water partition coefficient (Wildman–Crippen LogP) is 7.06. The molecule has 3 rings (SSSR count). The molecule has 0 amide bonds. The van der Waals surface area contributed by atoms with Gasteiger partial charge in [0.2, 0.25) is 0 Å². The molecule has 198 valence electrons. The fourth-order valence-electron chi connectivity index (χ4n) is 3.81. The van der Waals surface area contributed by atoms with E-state index < -0.39 is 12.2 Å². The molecule has 6 heteroatoms. The number of carbonyl (C=O) groups is 1. The van der Waals surface area contributed by atoms with Crippen molar-refractivity contribution >= 4 is 5.97 Å². The topological polar surface area (TPSA) is 70.5 Å². The third kappa shape index (κ3) is 9.29. The molecule has 0 saturated carbocycles. The summed E-state index contributed by atoms with van der Waals surface area (Å²) in [5, 5.41) is 0. The number of hydrogen-bond acceptors (Lipinski definition) is 6. The minimum atomic E-state index is -0.585. The lowest BCUT2D eigenvalue weighted by Gasteiger charge is -2.17. The van der Waals surface area contributed by atoms with Crippen LogP contribution in [0.5, 0.6) is 5.75 Å². The molecular formula is C31H40N2O4. The van der Waals surface area contributed by atoms with Gasteiger partial charge in [-0.15, -0.1) is 0 Å². The van der Waals surface area contributed by atoms with Gasteiger partial charge in [0.25, 0.3) is 0 Å². The van der Waals surface area contributed by atoms with Crippen LogP contribution >= 0.6 is 0 Å². The van der Waals surface area contributed by atoms with E-state index in [1.54, 1.807) is 26.2 Å². The molecule has 0 aliphatic carbocycles. The molecule has 0 unspecified atom stereocenters. The average molecular weight is 505 g/mol. The SMILES string of the molecule is CCCCCc1ccc(-c2ccc(-c3ncc(OC[C@H](C)OC(=O)[C@H](C)OCCCC)cn3)cc2)cc1. The first-order chi connectivity index (χ1) is 18.0. The third-order valence-corrected chi connectivity index (χ3v) is 6.13. The normalized spacial score (nSPS) is 12.6. The Morgan fingerprint density at radius 2 is 1.41 bits per heavy atom. The van der Waals surface area contributed by atoms with Crippen LogP contribution in [0.1, 0.15) is 65.4 Å². The van der Waals surface area contributed by atoms with E-state index in [9.17, 15) is 4.79 Å². The lowest BCUT2D eigenvalue weighted by atomic mass is 10.0. The van der Waals surface area contributed by atoms with Gasteiger partial charge in [0.1, 0.15) is 12.7 Å². The zero-order valence-corrected chi connectivity index (χ0v) is 22.6. The Morgan fingerprint density at radius 3 is 2.03 bits per heavy atom. The minimum absolute atomic E-state index is 0.211. The highest BCUT2D eigenvalue weighted by molar-refractivity contribution is 5.74. The number of aromatic nitrogens is 2. The van der Waals surface area contributed by atoms with E-state index in [0.29, 0.717) is 18.2 Å². The molecule has 0 aliphatic rings. The maximum atomic E-state index is 12.1. The number of rotatable bonds is 15. The number of aryl methyl sites for hydroxylation is 1. The number of nitrogens with zero attached hydrogens (tertiary/aromatic N) is 2. The van der Waals surface area contributed by atoms with E-state index in [4.69, 9.17) is 14.2 Å². The number of carbonyl (C=O) groups excluding carboxylic acids is 1. The molecule has 37 heavy (non-hydrogen) atoms. The van der Waals surface area contributed by atoms with E-state index in [0.717, 1.165) is 30.4 Å². The zero-order valence-electron chi connectivity index (χ0n) is 22.6. The van der Waals surface area contributed by atoms with Gasteiger partial charge in [-0.1, -0.05) is 81.6 Å². The number of unbranched alkanes of at least 4 members (excludes halogenated alkanes) is 3. The molecule has 2 aromatic carbocycles. The summed E-state index contributed by atoms with van der Waals surface area (Å²) < 4.78 is 16.6. The van der Waals surface area contributed by atoms with Crippen molar-refractivity contribution in [1.29, 1.82) is 0 Å².